The van der Waals surface area contributed by atoms with E-state index < -0.39 is 0 Å². The molecule has 1 aromatic heterocycles. The van der Waals surface area contributed by atoms with E-state index in [9.17, 15) is 0 Å². The zero-order valence-electron chi connectivity index (χ0n) is 15.7. The number of hydrogen-bond acceptors (Lipinski definition) is 3. The van der Waals surface area contributed by atoms with Gasteiger partial charge < -0.3 is 15.2 Å². The molecule has 0 aliphatic carbocycles. The molecule has 0 bridgehead atoms. The molecule has 0 fully saturated rings. The summed E-state index contributed by atoms with van der Waals surface area (Å²) in [5, 5.41) is 10.7. The highest BCUT2D eigenvalue weighted by Gasteiger charge is 2.08. The van der Waals surface area contributed by atoms with Crippen LogP contribution in [0.1, 0.15) is 63.0 Å². The van der Waals surface area contributed by atoms with Crippen molar-refractivity contribution in [2.24, 2.45) is 4.99 Å². The predicted octanol–water partition coefficient (Wildman–Crippen LogP) is 4.05. The highest BCUT2D eigenvalue weighted by molar-refractivity contribution is 5.79. The van der Waals surface area contributed by atoms with Gasteiger partial charge >= 0.3 is 0 Å². The number of hydrogen-bond donors (Lipinski definition) is 2. The van der Waals surface area contributed by atoms with Crippen molar-refractivity contribution in [3.05, 3.63) is 53.4 Å². The summed E-state index contributed by atoms with van der Waals surface area (Å²) < 4.78 is 5.34. The van der Waals surface area contributed by atoms with E-state index in [1.807, 2.05) is 6.07 Å². The van der Waals surface area contributed by atoms with E-state index in [0.717, 1.165) is 36.9 Å². The smallest absolute Gasteiger partial charge is 0.191 e. The van der Waals surface area contributed by atoms with Crippen LogP contribution in [0.5, 0.6) is 0 Å². The summed E-state index contributed by atoms with van der Waals surface area (Å²) in [4.78, 5) is 4.59. The molecule has 0 saturated heterocycles. The molecule has 25 heavy (non-hydrogen) atoms. The molecule has 1 aromatic carbocycles. The maximum atomic E-state index is 5.34. The second kappa shape index (κ2) is 9.87. The highest BCUT2D eigenvalue weighted by Crippen LogP contribution is 2.17. The summed E-state index contributed by atoms with van der Waals surface area (Å²) in [7, 11) is 0. The maximum absolute atomic E-state index is 5.34. The fourth-order valence-electron chi connectivity index (χ4n) is 2.53. The molecule has 0 aliphatic heterocycles. The molecule has 5 nitrogen and oxygen atoms in total. The zero-order chi connectivity index (χ0) is 18.1. The van der Waals surface area contributed by atoms with Gasteiger partial charge in [0.2, 0.25) is 0 Å². The molecule has 0 saturated carbocycles. The Morgan fingerprint density at radius 1 is 1.16 bits per heavy atom. The van der Waals surface area contributed by atoms with Crippen molar-refractivity contribution in [2.45, 2.75) is 52.5 Å². The molecule has 5 heteroatoms. The van der Waals surface area contributed by atoms with Gasteiger partial charge in [-0.05, 0) is 30.7 Å². The third kappa shape index (κ3) is 6.25. The van der Waals surface area contributed by atoms with Gasteiger partial charge in [0.1, 0.15) is 6.54 Å². The van der Waals surface area contributed by atoms with E-state index >= 15 is 0 Å². The first-order valence-corrected chi connectivity index (χ1v) is 9.12. The molecule has 2 N–H and O–H groups in total. The number of nitrogens with zero attached hydrogens (tertiary/aromatic N) is 2. The topological polar surface area (TPSA) is 62.5 Å². The lowest BCUT2D eigenvalue weighted by molar-refractivity contribution is 0.376. The Morgan fingerprint density at radius 2 is 1.92 bits per heavy atom. The molecule has 0 aliphatic rings. The third-order valence-corrected chi connectivity index (χ3v) is 4.14. The fraction of sp³-hybridized carbons (Fsp3) is 0.500. The molecule has 1 heterocycles. The van der Waals surface area contributed by atoms with Crippen LogP contribution in [0.3, 0.4) is 0 Å². The standard InChI is InChI=1S/C20H30N4O/c1-5-21-20(23-14-18-13-19(15(2)3)24-25-18)22-12-11-16(4)17-9-7-6-8-10-17/h6-10,13,15-16H,5,11-12,14H2,1-4H3,(H2,21,22,23). The van der Waals surface area contributed by atoms with E-state index in [1.165, 1.54) is 5.56 Å². The van der Waals surface area contributed by atoms with E-state index in [-0.39, 0.29) is 0 Å². The first-order valence-electron chi connectivity index (χ1n) is 9.12. The molecule has 2 aromatic rings. The summed E-state index contributed by atoms with van der Waals surface area (Å²) in [5.74, 6) is 2.48. The molecule has 2 rings (SSSR count). The van der Waals surface area contributed by atoms with Crippen LogP contribution in [-0.2, 0) is 6.54 Å². The molecule has 136 valence electrons. The number of aromatic nitrogens is 1. The van der Waals surface area contributed by atoms with Gasteiger partial charge in [-0.1, -0.05) is 56.3 Å². The lowest BCUT2D eigenvalue weighted by Gasteiger charge is -2.14. The minimum atomic E-state index is 0.368. The number of aliphatic imine (C=N–C) groups is 1. The maximum Gasteiger partial charge on any atom is 0.191 e. The first kappa shape index (κ1) is 19.0. The monoisotopic (exact) mass is 342 g/mol. The lowest BCUT2D eigenvalue weighted by atomic mass is 9.98. The SMILES string of the molecule is CCNC(=NCc1cc(C(C)C)no1)NCCC(C)c1ccccc1. The van der Waals surface area contributed by atoms with Gasteiger partial charge in [0.05, 0.1) is 5.69 Å². The summed E-state index contributed by atoms with van der Waals surface area (Å²) in [6.07, 6.45) is 1.05. The number of benzene rings is 1. The minimum absolute atomic E-state index is 0.368. The van der Waals surface area contributed by atoms with Crippen molar-refractivity contribution in [3.8, 4) is 0 Å². The number of rotatable bonds is 8. The van der Waals surface area contributed by atoms with Gasteiger partial charge in [0.25, 0.3) is 0 Å². The molecule has 1 unspecified atom stereocenters. The molecule has 0 radical (unpaired) electrons. The normalized spacial score (nSPS) is 13.1. The van der Waals surface area contributed by atoms with Crippen LogP contribution < -0.4 is 10.6 Å². The molecule has 0 amide bonds. The van der Waals surface area contributed by atoms with Gasteiger partial charge in [-0.3, -0.25) is 0 Å². The summed E-state index contributed by atoms with van der Waals surface area (Å²) in [6, 6.07) is 12.6. The van der Waals surface area contributed by atoms with Crippen LogP contribution in [-0.4, -0.2) is 24.2 Å². The van der Waals surface area contributed by atoms with E-state index in [1.54, 1.807) is 0 Å². The van der Waals surface area contributed by atoms with Crippen LogP contribution in [0.25, 0.3) is 0 Å². The predicted molar refractivity (Wildman–Crippen MR) is 103 cm³/mol. The van der Waals surface area contributed by atoms with E-state index in [2.05, 4.69) is 78.8 Å². The number of nitrogens with one attached hydrogen (secondary N) is 2. The lowest BCUT2D eigenvalue weighted by Crippen LogP contribution is -2.38. The first-order chi connectivity index (χ1) is 12.1. The number of guanidine groups is 1. The summed E-state index contributed by atoms with van der Waals surface area (Å²) in [6.45, 7) is 10.7. The van der Waals surface area contributed by atoms with Crippen molar-refractivity contribution in [3.63, 3.8) is 0 Å². The van der Waals surface area contributed by atoms with Gasteiger partial charge in [0, 0.05) is 19.2 Å². The van der Waals surface area contributed by atoms with Crippen molar-refractivity contribution in [2.75, 3.05) is 13.1 Å². The average molecular weight is 342 g/mol. The Balaban J connectivity index is 1.84. The highest BCUT2D eigenvalue weighted by atomic mass is 16.5. The molecular formula is C20H30N4O. The van der Waals surface area contributed by atoms with Crippen LogP contribution in [0.4, 0.5) is 0 Å². The molecular weight excluding hydrogens is 312 g/mol. The Labute approximate surface area is 150 Å². The Hall–Kier alpha value is -2.30. The van der Waals surface area contributed by atoms with Crippen LogP contribution in [0, 0.1) is 0 Å². The van der Waals surface area contributed by atoms with E-state index in [4.69, 9.17) is 4.52 Å². The van der Waals surface area contributed by atoms with Crippen molar-refractivity contribution >= 4 is 5.96 Å². The third-order valence-electron chi connectivity index (χ3n) is 4.14. The van der Waals surface area contributed by atoms with Crippen LogP contribution in [0.2, 0.25) is 0 Å². The zero-order valence-corrected chi connectivity index (χ0v) is 15.7. The largest absolute Gasteiger partial charge is 0.359 e. The second-order valence-corrected chi connectivity index (χ2v) is 6.60. The van der Waals surface area contributed by atoms with Crippen LogP contribution >= 0.6 is 0 Å². The van der Waals surface area contributed by atoms with Gasteiger partial charge in [-0.25, -0.2) is 4.99 Å². The average Bonchev–Trinajstić information content (AvgIpc) is 3.09. The summed E-state index contributed by atoms with van der Waals surface area (Å²) in [5.41, 5.74) is 2.34. The quantitative estimate of drug-likeness (QED) is 0.561. The van der Waals surface area contributed by atoms with Gasteiger partial charge in [-0.2, -0.15) is 0 Å². The van der Waals surface area contributed by atoms with Crippen LogP contribution in [0.15, 0.2) is 45.9 Å². The van der Waals surface area contributed by atoms with Crippen molar-refractivity contribution in [1.29, 1.82) is 0 Å². The molecule has 1 atom stereocenters. The van der Waals surface area contributed by atoms with Crippen molar-refractivity contribution < 1.29 is 4.52 Å². The van der Waals surface area contributed by atoms with Gasteiger partial charge in [-0.15, -0.1) is 0 Å². The molecule has 0 spiro atoms. The summed E-state index contributed by atoms with van der Waals surface area (Å²) >= 11 is 0. The van der Waals surface area contributed by atoms with Gasteiger partial charge in [0.15, 0.2) is 11.7 Å². The minimum Gasteiger partial charge on any atom is -0.359 e. The fourth-order valence-corrected chi connectivity index (χ4v) is 2.53. The Morgan fingerprint density at radius 3 is 2.56 bits per heavy atom. The Bertz CT molecular complexity index is 649. The van der Waals surface area contributed by atoms with E-state index in [0.29, 0.717) is 18.4 Å². The van der Waals surface area contributed by atoms with Crippen molar-refractivity contribution in [1.82, 2.24) is 15.8 Å². The Kier molecular flexibility index (Phi) is 7.51. The second-order valence-electron chi connectivity index (χ2n) is 6.60.